The van der Waals surface area contributed by atoms with Gasteiger partial charge >= 0.3 is 0 Å². The Labute approximate surface area is 130 Å². The van der Waals surface area contributed by atoms with E-state index in [1.165, 1.54) is 32.0 Å². The molecule has 0 unspecified atom stereocenters. The Morgan fingerprint density at radius 2 is 2.16 bits per heavy atom. The van der Waals surface area contributed by atoms with Crippen LogP contribution in [-0.2, 0) is 12.3 Å². The van der Waals surface area contributed by atoms with E-state index in [2.05, 4.69) is 57.6 Å². The smallest absolute Gasteiger partial charge is 0.0701 e. The Bertz CT molecular complexity index is 549. The van der Waals surface area contributed by atoms with Gasteiger partial charge < -0.3 is 5.32 Å². The Balaban J connectivity index is 1.55. The summed E-state index contributed by atoms with van der Waals surface area (Å²) in [6.45, 7) is 1.00. The number of benzene rings is 1. The van der Waals surface area contributed by atoms with Crippen molar-refractivity contribution >= 4 is 39.0 Å². The summed E-state index contributed by atoms with van der Waals surface area (Å²) < 4.78 is 1.21. The van der Waals surface area contributed by atoms with Crippen LogP contribution in [0.5, 0.6) is 0 Å². The van der Waals surface area contributed by atoms with Crippen molar-refractivity contribution in [2.45, 2.75) is 36.1 Å². The van der Waals surface area contributed by atoms with Crippen molar-refractivity contribution in [1.82, 2.24) is 5.32 Å². The van der Waals surface area contributed by atoms with E-state index in [1.807, 2.05) is 23.1 Å². The van der Waals surface area contributed by atoms with Crippen LogP contribution in [0.2, 0.25) is 0 Å². The zero-order chi connectivity index (χ0) is 13.1. The number of thiophene rings is 1. The van der Waals surface area contributed by atoms with Gasteiger partial charge in [0.05, 0.1) is 3.79 Å². The van der Waals surface area contributed by atoms with Crippen molar-refractivity contribution in [2.75, 3.05) is 0 Å². The van der Waals surface area contributed by atoms with Crippen LogP contribution in [-0.4, -0.2) is 6.04 Å². The maximum atomic E-state index is 3.56. The molecule has 1 aliphatic carbocycles. The summed E-state index contributed by atoms with van der Waals surface area (Å²) in [5, 5.41) is 3.56. The molecule has 1 aliphatic rings. The second kappa shape index (κ2) is 6.44. The highest BCUT2D eigenvalue weighted by atomic mass is 79.9. The van der Waals surface area contributed by atoms with Crippen LogP contribution in [0, 0.1) is 0 Å². The second-order valence-electron chi connectivity index (χ2n) is 4.80. The Kier molecular flexibility index (Phi) is 4.64. The van der Waals surface area contributed by atoms with Crippen LogP contribution in [0.1, 0.15) is 23.3 Å². The van der Waals surface area contributed by atoms with Gasteiger partial charge in [-0.05, 0) is 58.6 Å². The number of rotatable bonds is 6. The zero-order valence-electron chi connectivity index (χ0n) is 10.6. The molecule has 1 aromatic heterocycles. The SMILES string of the molecule is Brc1ccc(CSc2cccc(CNC3CC3)c2)s1. The van der Waals surface area contributed by atoms with Gasteiger partial charge in [-0.1, -0.05) is 12.1 Å². The molecule has 1 nitrogen and oxygen atoms in total. The molecule has 1 aromatic carbocycles. The third kappa shape index (κ3) is 4.35. The molecule has 1 fully saturated rings. The third-order valence-electron chi connectivity index (χ3n) is 3.08. The molecule has 4 heteroatoms. The van der Waals surface area contributed by atoms with Gasteiger partial charge in [-0.15, -0.1) is 23.1 Å². The summed E-state index contributed by atoms with van der Waals surface area (Å²) in [4.78, 5) is 2.78. The molecule has 1 N–H and O–H groups in total. The summed E-state index contributed by atoms with van der Waals surface area (Å²) >= 11 is 7.24. The maximum Gasteiger partial charge on any atom is 0.0701 e. The van der Waals surface area contributed by atoms with E-state index < -0.39 is 0 Å². The first-order valence-electron chi connectivity index (χ1n) is 6.49. The van der Waals surface area contributed by atoms with Crippen molar-refractivity contribution in [3.05, 3.63) is 50.6 Å². The number of nitrogens with one attached hydrogen (secondary N) is 1. The minimum absolute atomic E-state index is 0.778. The van der Waals surface area contributed by atoms with Crippen LogP contribution >= 0.6 is 39.0 Å². The lowest BCUT2D eigenvalue weighted by Gasteiger charge is -2.05. The van der Waals surface area contributed by atoms with Crippen LogP contribution in [0.3, 0.4) is 0 Å². The summed E-state index contributed by atoms with van der Waals surface area (Å²) in [5.41, 5.74) is 1.39. The minimum Gasteiger partial charge on any atom is -0.310 e. The number of hydrogen-bond acceptors (Lipinski definition) is 3. The van der Waals surface area contributed by atoms with Gasteiger partial charge in [0.1, 0.15) is 0 Å². The Morgan fingerprint density at radius 1 is 1.26 bits per heavy atom. The fraction of sp³-hybridized carbons (Fsp3) is 0.333. The standard InChI is InChI=1S/C15H16BrNS2/c16-15-7-6-14(19-15)10-18-13-3-1-2-11(8-13)9-17-12-4-5-12/h1-3,6-8,12,17H,4-5,9-10H2. The third-order valence-corrected chi connectivity index (χ3v) is 5.93. The van der Waals surface area contributed by atoms with E-state index in [-0.39, 0.29) is 0 Å². The van der Waals surface area contributed by atoms with Gasteiger partial charge in [-0.3, -0.25) is 0 Å². The molecule has 19 heavy (non-hydrogen) atoms. The van der Waals surface area contributed by atoms with Crippen LogP contribution in [0.4, 0.5) is 0 Å². The highest BCUT2D eigenvalue weighted by Gasteiger charge is 2.19. The van der Waals surface area contributed by atoms with Crippen molar-refractivity contribution < 1.29 is 0 Å². The van der Waals surface area contributed by atoms with Gasteiger partial charge in [0.2, 0.25) is 0 Å². The van der Waals surface area contributed by atoms with Gasteiger partial charge in [-0.2, -0.15) is 0 Å². The molecular formula is C15H16BrNS2. The first-order chi connectivity index (χ1) is 9.29. The van der Waals surface area contributed by atoms with Crippen LogP contribution in [0.15, 0.2) is 45.1 Å². The van der Waals surface area contributed by atoms with Gasteiger partial charge in [-0.25, -0.2) is 0 Å². The van der Waals surface area contributed by atoms with Crippen molar-refractivity contribution in [2.24, 2.45) is 0 Å². The molecule has 0 saturated heterocycles. The highest BCUT2D eigenvalue weighted by Crippen LogP contribution is 2.29. The number of halogens is 1. The van der Waals surface area contributed by atoms with E-state index in [1.54, 1.807) is 0 Å². The van der Waals surface area contributed by atoms with Crippen molar-refractivity contribution in [1.29, 1.82) is 0 Å². The predicted octanol–water partition coefficient (Wildman–Crippen LogP) is 5.05. The fourth-order valence-electron chi connectivity index (χ4n) is 1.88. The summed E-state index contributed by atoms with van der Waals surface area (Å²) in [7, 11) is 0. The lowest BCUT2D eigenvalue weighted by Crippen LogP contribution is -2.15. The molecule has 1 saturated carbocycles. The van der Waals surface area contributed by atoms with Crippen molar-refractivity contribution in [3.8, 4) is 0 Å². The fourth-order valence-corrected chi connectivity index (χ4v) is 4.38. The predicted molar refractivity (Wildman–Crippen MR) is 87.9 cm³/mol. The van der Waals surface area contributed by atoms with E-state index in [0.717, 1.165) is 18.3 Å². The topological polar surface area (TPSA) is 12.0 Å². The lowest BCUT2D eigenvalue weighted by molar-refractivity contribution is 0.687. The van der Waals surface area contributed by atoms with Crippen molar-refractivity contribution in [3.63, 3.8) is 0 Å². The number of hydrogen-bond donors (Lipinski definition) is 1. The van der Waals surface area contributed by atoms with Gasteiger partial charge in [0, 0.05) is 28.1 Å². The first-order valence-corrected chi connectivity index (χ1v) is 9.08. The molecule has 100 valence electrons. The van der Waals surface area contributed by atoms with E-state index in [0.29, 0.717) is 0 Å². The normalized spacial score (nSPS) is 14.8. The molecule has 1 heterocycles. The Morgan fingerprint density at radius 3 is 2.89 bits per heavy atom. The molecule has 0 atom stereocenters. The minimum atomic E-state index is 0.778. The first kappa shape index (κ1) is 13.7. The number of thioether (sulfide) groups is 1. The average molecular weight is 354 g/mol. The molecule has 3 rings (SSSR count). The largest absolute Gasteiger partial charge is 0.310 e. The quantitative estimate of drug-likeness (QED) is 0.728. The summed E-state index contributed by atoms with van der Waals surface area (Å²) in [6.07, 6.45) is 2.70. The van der Waals surface area contributed by atoms with Gasteiger partial charge in [0.25, 0.3) is 0 Å². The molecule has 2 aromatic rings. The maximum absolute atomic E-state index is 3.56. The van der Waals surface area contributed by atoms with Crippen LogP contribution in [0.25, 0.3) is 0 Å². The van der Waals surface area contributed by atoms with Crippen LogP contribution < -0.4 is 5.32 Å². The molecule has 0 radical (unpaired) electrons. The second-order valence-corrected chi connectivity index (χ2v) is 8.39. The zero-order valence-corrected chi connectivity index (χ0v) is 13.8. The van der Waals surface area contributed by atoms with Gasteiger partial charge in [0.15, 0.2) is 0 Å². The lowest BCUT2D eigenvalue weighted by atomic mass is 10.2. The average Bonchev–Trinajstić information content (AvgIpc) is 3.16. The molecule has 0 bridgehead atoms. The summed E-state index contributed by atoms with van der Waals surface area (Å²) in [6, 6.07) is 14.0. The molecule has 0 spiro atoms. The summed E-state index contributed by atoms with van der Waals surface area (Å²) in [5.74, 6) is 1.05. The monoisotopic (exact) mass is 353 g/mol. The molecule has 0 aliphatic heterocycles. The Hall–Kier alpha value is -0.290. The highest BCUT2D eigenvalue weighted by molar-refractivity contribution is 9.11. The van der Waals surface area contributed by atoms with E-state index in [4.69, 9.17) is 0 Å². The van der Waals surface area contributed by atoms with E-state index >= 15 is 0 Å². The molecular weight excluding hydrogens is 338 g/mol. The molecule has 0 amide bonds. The van der Waals surface area contributed by atoms with E-state index in [9.17, 15) is 0 Å².